The van der Waals surface area contributed by atoms with E-state index in [0.29, 0.717) is 13.2 Å². The van der Waals surface area contributed by atoms with Gasteiger partial charge in [-0.2, -0.15) is 0 Å². The van der Waals surface area contributed by atoms with Gasteiger partial charge in [-0.15, -0.1) is 0 Å². The van der Waals surface area contributed by atoms with Crippen LogP contribution in [-0.2, 0) is 13.1 Å². The van der Waals surface area contributed by atoms with Crippen molar-refractivity contribution >= 4 is 0 Å². The molecular formula is C17H21NO3. The van der Waals surface area contributed by atoms with Gasteiger partial charge in [-0.3, -0.25) is 0 Å². The van der Waals surface area contributed by atoms with E-state index < -0.39 is 0 Å². The molecular weight excluding hydrogens is 266 g/mol. The van der Waals surface area contributed by atoms with Gasteiger partial charge in [0, 0.05) is 18.7 Å². The van der Waals surface area contributed by atoms with E-state index in [4.69, 9.17) is 9.47 Å². The number of phenols is 1. The van der Waals surface area contributed by atoms with Crippen molar-refractivity contribution in [2.24, 2.45) is 0 Å². The summed E-state index contributed by atoms with van der Waals surface area (Å²) in [6.07, 6.45) is 0. The van der Waals surface area contributed by atoms with Crippen LogP contribution in [0, 0.1) is 0 Å². The predicted octanol–water partition coefficient (Wildman–Crippen LogP) is 3.09. The summed E-state index contributed by atoms with van der Waals surface area (Å²) in [5.41, 5.74) is 2.18. The maximum absolute atomic E-state index is 9.26. The molecule has 2 N–H and O–H groups in total. The lowest BCUT2D eigenvalue weighted by Gasteiger charge is -2.14. The molecule has 0 unspecified atom stereocenters. The van der Waals surface area contributed by atoms with Gasteiger partial charge in [0.15, 0.2) is 11.5 Å². The van der Waals surface area contributed by atoms with E-state index in [1.807, 2.05) is 37.3 Å². The molecule has 2 aromatic rings. The Balaban J connectivity index is 1.99. The molecule has 0 aliphatic carbocycles. The zero-order valence-electron chi connectivity index (χ0n) is 12.4. The third-order valence-corrected chi connectivity index (χ3v) is 3.15. The molecule has 0 fully saturated rings. The minimum Gasteiger partial charge on any atom is -0.508 e. The SMILES string of the molecule is CCOc1cccc(CNCc2ccc(O)cc2)c1OC. The molecule has 0 aliphatic heterocycles. The highest BCUT2D eigenvalue weighted by Crippen LogP contribution is 2.30. The third kappa shape index (κ3) is 4.13. The summed E-state index contributed by atoms with van der Waals surface area (Å²) in [6, 6.07) is 13.1. The summed E-state index contributed by atoms with van der Waals surface area (Å²) in [7, 11) is 1.65. The number of hydrogen-bond donors (Lipinski definition) is 2. The predicted molar refractivity (Wildman–Crippen MR) is 82.8 cm³/mol. The second-order valence-electron chi connectivity index (χ2n) is 4.65. The fourth-order valence-corrected chi connectivity index (χ4v) is 2.16. The quantitative estimate of drug-likeness (QED) is 0.821. The molecule has 4 heteroatoms. The molecule has 0 aliphatic rings. The van der Waals surface area contributed by atoms with E-state index >= 15 is 0 Å². The number of phenolic OH excluding ortho intramolecular Hbond substituents is 1. The zero-order valence-corrected chi connectivity index (χ0v) is 12.4. The summed E-state index contributed by atoms with van der Waals surface area (Å²) in [4.78, 5) is 0. The van der Waals surface area contributed by atoms with Gasteiger partial charge in [0.1, 0.15) is 5.75 Å². The number of benzene rings is 2. The number of hydrogen-bond acceptors (Lipinski definition) is 4. The zero-order chi connectivity index (χ0) is 15.1. The van der Waals surface area contributed by atoms with E-state index in [2.05, 4.69) is 5.32 Å². The van der Waals surface area contributed by atoms with E-state index in [1.165, 1.54) is 0 Å². The lowest BCUT2D eigenvalue weighted by Crippen LogP contribution is -2.13. The van der Waals surface area contributed by atoms with Crippen LogP contribution in [0.2, 0.25) is 0 Å². The molecule has 0 radical (unpaired) electrons. The van der Waals surface area contributed by atoms with Crippen molar-refractivity contribution in [3.05, 3.63) is 53.6 Å². The minimum absolute atomic E-state index is 0.282. The Morgan fingerprint density at radius 1 is 1.05 bits per heavy atom. The number of rotatable bonds is 7. The van der Waals surface area contributed by atoms with Crippen molar-refractivity contribution in [3.63, 3.8) is 0 Å². The van der Waals surface area contributed by atoms with E-state index in [9.17, 15) is 5.11 Å². The Hall–Kier alpha value is -2.20. The highest BCUT2D eigenvalue weighted by atomic mass is 16.5. The van der Waals surface area contributed by atoms with Crippen LogP contribution >= 0.6 is 0 Å². The van der Waals surface area contributed by atoms with Crippen LogP contribution < -0.4 is 14.8 Å². The molecule has 0 bridgehead atoms. The van der Waals surface area contributed by atoms with Crippen molar-refractivity contribution < 1.29 is 14.6 Å². The van der Waals surface area contributed by atoms with Gasteiger partial charge in [-0.05, 0) is 30.7 Å². The topological polar surface area (TPSA) is 50.7 Å². The van der Waals surface area contributed by atoms with Gasteiger partial charge >= 0.3 is 0 Å². The molecule has 0 spiro atoms. The molecule has 0 aromatic heterocycles. The van der Waals surface area contributed by atoms with Crippen LogP contribution in [0.3, 0.4) is 0 Å². The summed E-state index contributed by atoms with van der Waals surface area (Å²) in [5.74, 6) is 1.83. The van der Waals surface area contributed by atoms with Gasteiger partial charge in [-0.1, -0.05) is 24.3 Å². The number of aromatic hydroxyl groups is 1. The summed E-state index contributed by atoms with van der Waals surface area (Å²) in [6.45, 7) is 3.98. The summed E-state index contributed by atoms with van der Waals surface area (Å²) in [5, 5.41) is 12.6. The monoisotopic (exact) mass is 287 g/mol. The number of ether oxygens (including phenoxy) is 2. The molecule has 112 valence electrons. The molecule has 0 saturated carbocycles. The van der Waals surface area contributed by atoms with E-state index in [-0.39, 0.29) is 5.75 Å². The van der Waals surface area contributed by atoms with E-state index in [0.717, 1.165) is 29.2 Å². The highest BCUT2D eigenvalue weighted by molar-refractivity contribution is 5.46. The first kappa shape index (κ1) is 15.2. The Labute approximate surface area is 125 Å². The lowest BCUT2D eigenvalue weighted by molar-refractivity contribution is 0.308. The number of para-hydroxylation sites is 1. The van der Waals surface area contributed by atoms with Crippen LogP contribution in [-0.4, -0.2) is 18.8 Å². The average Bonchev–Trinajstić information content (AvgIpc) is 2.50. The van der Waals surface area contributed by atoms with Crippen LogP contribution in [0.15, 0.2) is 42.5 Å². The smallest absolute Gasteiger partial charge is 0.165 e. The van der Waals surface area contributed by atoms with Crippen molar-refractivity contribution in [3.8, 4) is 17.2 Å². The Morgan fingerprint density at radius 2 is 1.81 bits per heavy atom. The van der Waals surface area contributed by atoms with Crippen LogP contribution in [0.5, 0.6) is 17.2 Å². The summed E-state index contributed by atoms with van der Waals surface area (Å²) < 4.78 is 11.0. The first-order valence-corrected chi connectivity index (χ1v) is 7.02. The maximum atomic E-state index is 9.26. The van der Waals surface area contributed by atoms with Crippen molar-refractivity contribution in [2.75, 3.05) is 13.7 Å². The standard InChI is InChI=1S/C17H21NO3/c1-3-21-16-6-4-5-14(17(16)20-2)12-18-11-13-7-9-15(19)10-8-13/h4-10,18-19H,3,11-12H2,1-2H3. The molecule has 2 rings (SSSR count). The second kappa shape index (κ2) is 7.55. The van der Waals surface area contributed by atoms with Crippen molar-refractivity contribution in [1.82, 2.24) is 5.32 Å². The maximum Gasteiger partial charge on any atom is 0.165 e. The Kier molecular flexibility index (Phi) is 5.46. The van der Waals surface area contributed by atoms with Crippen LogP contribution in [0.25, 0.3) is 0 Å². The summed E-state index contributed by atoms with van der Waals surface area (Å²) >= 11 is 0. The fourth-order valence-electron chi connectivity index (χ4n) is 2.16. The number of methoxy groups -OCH3 is 1. The van der Waals surface area contributed by atoms with Gasteiger partial charge in [0.25, 0.3) is 0 Å². The van der Waals surface area contributed by atoms with Gasteiger partial charge in [-0.25, -0.2) is 0 Å². The first-order valence-electron chi connectivity index (χ1n) is 7.02. The average molecular weight is 287 g/mol. The molecule has 2 aromatic carbocycles. The molecule has 0 atom stereocenters. The first-order chi connectivity index (χ1) is 10.2. The van der Waals surface area contributed by atoms with Crippen molar-refractivity contribution in [2.45, 2.75) is 20.0 Å². The normalized spacial score (nSPS) is 10.4. The largest absolute Gasteiger partial charge is 0.508 e. The lowest BCUT2D eigenvalue weighted by atomic mass is 10.1. The fraction of sp³-hybridized carbons (Fsp3) is 0.294. The molecule has 4 nitrogen and oxygen atoms in total. The third-order valence-electron chi connectivity index (χ3n) is 3.15. The molecule has 0 amide bonds. The van der Waals surface area contributed by atoms with Crippen LogP contribution in [0.1, 0.15) is 18.1 Å². The van der Waals surface area contributed by atoms with E-state index in [1.54, 1.807) is 19.2 Å². The minimum atomic E-state index is 0.282. The van der Waals surface area contributed by atoms with Gasteiger partial charge in [0.2, 0.25) is 0 Å². The Morgan fingerprint density at radius 3 is 2.48 bits per heavy atom. The number of nitrogens with one attached hydrogen (secondary N) is 1. The van der Waals surface area contributed by atoms with Gasteiger partial charge in [0.05, 0.1) is 13.7 Å². The molecule has 21 heavy (non-hydrogen) atoms. The molecule has 0 saturated heterocycles. The van der Waals surface area contributed by atoms with Crippen molar-refractivity contribution in [1.29, 1.82) is 0 Å². The van der Waals surface area contributed by atoms with Gasteiger partial charge < -0.3 is 19.9 Å². The molecule has 0 heterocycles. The highest BCUT2D eigenvalue weighted by Gasteiger charge is 2.09. The second-order valence-corrected chi connectivity index (χ2v) is 4.65. The Bertz CT molecular complexity index is 567. The van der Waals surface area contributed by atoms with Crippen LogP contribution in [0.4, 0.5) is 0 Å².